The molecular formula is C13H13BrN2O2. The molecule has 0 bridgehead atoms. The van der Waals surface area contributed by atoms with Crippen LogP contribution in [0, 0.1) is 0 Å². The minimum atomic E-state index is -0.157. The fourth-order valence-electron chi connectivity index (χ4n) is 1.64. The van der Waals surface area contributed by atoms with E-state index in [9.17, 15) is 4.79 Å². The third-order valence-electron chi connectivity index (χ3n) is 2.61. The van der Waals surface area contributed by atoms with E-state index in [1.54, 1.807) is 19.5 Å². The van der Waals surface area contributed by atoms with Gasteiger partial charge in [0.2, 0.25) is 5.43 Å². The van der Waals surface area contributed by atoms with Crippen LogP contribution in [0.15, 0.2) is 45.9 Å². The molecule has 1 heterocycles. The first kappa shape index (κ1) is 12.7. The number of methoxy groups -OCH3 is 1. The predicted molar refractivity (Wildman–Crippen MR) is 74.9 cm³/mol. The quantitative estimate of drug-likeness (QED) is 0.946. The van der Waals surface area contributed by atoms with E-state index in [2.05, 4.69) is 15.9 Å². The smallest absolute Gasteiger partial charge is 0.204 e. The van der Waals surface area contributed by atoms with Gasteiger partial charge in [-0.15, -0.1) is 0 Å². The summed E-state index contributed by atoms with van der Waals surface area (Å²) in [5.74, 6) is 0.794. The summed E-state index contributed by atoms with van der Waals surface area (Å²) in [5.41, 5.74) is 6.74. The normalized spacial score (nSPS) is 10.3. The molecule has 2 N–H and O–H groups in total. The Kier molecular flexibility index (Phi) is 3.72. The Hall–Kier alpha value is -1.75. The Balaban J connectivity index is 2.33. The molecule has 0 aliphatic rings. The van der Waals surface area contributed by atoms with Crippen molar-refractivity contribution in [1.29, 1.82) is 0 Å². The Morgan fingerprint density at radius 3 is 2.83 bits per heavy atom. The first-order valence-corrected chi connectivity index (χ1v) is 6.17. The SMILES string of the molecule is COc1ccc(Br)c(Cn2ccc(=O)c(N)c2)c1. The molecule has 1 aromatic heterocycles. The second kappa shape index (κ2) is 5.27. The van der Waals surface area contributed by atoms with Crippen molar-refractivity contribution < 1.29 is 4.74 Å². The summed E-state index contributed by atoms with van der Waals surface area (Å²) >= 11 is 3.49. The number of pyridine rings is 1. The minimum absolute atomic E-state index is 0.157. The lowest BCUT2D eigenvalue weighted by atomic mass is 10.2. The van der Waals surface area contributed by atoms with Gasteiger partial charge < -0.3 is 15.0 Å². The van der Waals surface area contributed by atoms with Gasteiger partial charge in [0.1, 0.15) is 5.75 Å². The largest absolute Gasteiger partial charge is 0.497 e. The van der Waals surface area contributed by atoms with Crippen molar-refractivity contribution in [1.82, 2.24) is 4.57 Å². The van der Waals surface area contributed by atoms with Crippen molar-refractivity contribution in [2.45, 2.75) is 6.54 Å². The summed E-state index contributed by atoms with van der Waals surface area (Å²) < 4.78 is 8.03. The van der Waals surface area contributed by atoms with Crippen LogP contribution in [0.25, 0.3) is 0 Å². The summed E-state index contributed by atoms with van der Waals surface area (Å²) in [5, 5.41) is 0. The van der Waals surface area contributed by atoms with Crippen molar-refractivity contribution in [3.8, 4) is 5.75 Å². The van der Waals surface area contributed by atoms with Crippen LogP contribution in [0.5, 0.6) is 5.75 Å². The Morgan fingerprint density at radius 2 is 2.17 bits per heavy atom. The highest BCUT2D eigenvalue weighted by atomic mass is 79.9. The lowest BCUT2D eigenvalue weighted by Gasteiger charge is -2.10. The zero-order valence-electron chi connectivity index (χ0n) is 9.89. The fraction of sp³-hybridized carbons (Fsp3) is 0.154. The average Bonchev–Trinajstić information content (AvgIpc) is 2.36. The molecule has 2 aromatic rings. The number of anilines is 1. The summed E-state index contributed by atoms with van der Waals surface area (Å²) in [4.78, 5) is 11.2. The topological polar surface area (TPSA) is 57.2 Å². The molecule has 0 atom stereocenters. The number of halogens is 1. The van der Waals surface area contributed by atoms with E-state index in [4.69, 9.17) is 10.5 Å². The van der Waals surface area contributed by atoms with Crippen LogP contribution in [0.4, 0.5) is 5.69 Å². The zero-order chi connectivity index (χ0) is 13.1. The number of nitrogens with zero attached hydrogens (tertiary/aromatic N) is 1. The van der Waals surface area contributed by atoms with Gasteiger partial charge in [-0.05, 0) is 23.8 Å². The van der Waals surface area contributed by atoms with E-state index in [-0.39, 0.29) is 11.1 Å². The van der Waals surface area contributed by atoms with Crippen LogP contribution < -0.4 is 15.9 Å². The van der Waals surface area contributed by atoms with E-state index < -0.39 is 0 Å². The third kappa shape index (κ3) is 2.73. The second-order valence-electron chi connectivity index (χ2n) is 3.89. The molecule has 4 nitrogen and oxygen atoms in total. The third-order valence-corrected chi connectivity index (χ3v) is 3.39. The molecule has 0 fully saturated rings. The molecule has 0 unspecified atom stereocenters. The van der Waals surface area contributed by atoms with E-state index >= 15 is 0 Å². The molecule has 0 aliphatic carbocycles. The van der Waals surface area contributed by atoms with Gasteiger partial charge in [0.05, 0.1) is 12.8 Å². The number of nitrogens with two attached hydrogens (primary N) is 1. The Morgan fingerprint density at radius 1 is 1.39 bits per heavy atom. The number of hydrogen-bond acceptors (Lipinski definition) is 3. The van der Waals surface area contributed by atoms with E-state index in [1.807, 2.05) is 22.8 Å². The van der Waals surface area contributed by atoms with Crippen molar-refractivity contribution in [2.24, 2.45) is 0 Å². The molecule has 94 valence electrons. The van der Waals surface area contributed by atoms with Gasteiger partial charge >= 0.3 is 0 Å². The van der Waals surface area contributed by atoms with Gasteiger partial charge in [0, 0.05) is 29.5 Å². The lowest BCUT2D eigenvalue weighted by molar-refractivity contribution is 0.414. The predicted octanol–water partition coefficient (Wildman–Crippen LogP) is 2.25. The summed E-state index contributed by atoms with van der Waals surface area (Å²) in [6.45, 7) is 0.613. The molecular weight excluding hydrogens is 296 g/mol. The zero-order valence-corrected chi connectivity index (χ0v) is 11.5. The molecule has 0 saturated heterocycles. The molecule has 1 aromatic carbocycles. The van der Waals surface area contributed by atoms with Gasteiger partial charge in [-0.25, -0.2) is 0 Å². The summed E-state index contributed by atoms with van der Waals surface area (Å²) in [6.07, 6.45) is 3.35. The van der Waals surface area contributed by atoms with Crippen LogP contribution in [-0.2, 0) is 6.54 Å². The highest BCUT2D eigenvalue weighted by Gasteiger charge is 2.03. The molecule has 0 aliphatic heterocycles. The monoisotopic (exact) mass is 308 g/mol. The van der Waals surface area contributed by atoms with Crippen molar-refractivity contribution in [3.63, 3.8) is 0 Å². The standard InChI is InChI=1S/C13H13BrN2O2/c1-18-10-2-3-11(14)9(6-10)7-16-5-4-13(17)12(15)8-16/h2-6,8H,7,15H2,1H3. The number of aromatic nitrogens is 1. The molecule has 0 amide bonds. The van der Waals surface area contributed by atoms with Crippen LogP contribution >= 0.6 is 15.9 Å². The second-order valence-corrected chi connectivity index (χ2v) is 4.75. The highest BCUT2D eigenvalue weighted by Crippen LogP contribution is 2.23. The Labute approximate surface area is 113 Å². The van der Waals surface area contributed by atoms with Gasteiger partial charge in [-0.3, -0.25) is 4.79 Å². The number of hydrogen-bond donors (Lipinski definition) is 1. The maximum absolute atomic E-state index is 11.2. The van der Waals surface area contributed by atoms with Gasteiger partial charge in [0.15, 0.2) is 0 Å². The fourth-order valence-corrected chi connectivity index (χ4v) is 2.01. The number of ether oxygens (including phenoxy) is 1. The molecule has 0 radical (unpaired) electrons. The van der Waals surface area contributed by atoms with E-state index in [0.29, 0.717) is 6.54 Å². The number of benzene rings is 1. The summed E-state index contributed by atoms with van der Waals surface area (Å²) in [6, 6.07) is 7.22. The van der Waals surface area contributed by atoms with Crippen LogP contribution in [0.1, 0.15) is 5.56 Å². The summed E-state index contributed by atoms with van der Waals surface area (Å²) in [7, 11) is 1.63. The maximum atomic E-state index is 11.2. The first-order chi connectivity index (χ1) is 8.60. The van der Waals surface area contributed by atoms with Gasteiger partial charge in [-0.2, -0.15) is 0 Å². The molecule has 0 spiro atoms. The highest BCUT2D eigenvalue weighted by molar-refractivity contribution is 9.10. The maximum Gasteiger partial charge on any atom is 0.204 e. The van der Waals surface area contributed by atoms with Crippen LogP contribution in [-0.4, -0.2) is 11.7 Å². The van der Waals surface area contributed by atoms with Gasteiger partial charge in [-0.1, -0.05) is 15.9 Å². The number of nitrogen functional groups attached to an aromatic ring is 1. The molecule has 2 rings (SSSR count). The van der Waals surface area contributed by atoms with E-state index in [0.717, 1.165) is 15.8 Å². The number of rotatable bonds is 3. The van der Waals surface area contributed by atoms with Crippen LogP contribution in [0.3, 0.4) is 0 Å². The molecule has 18 heavy (non-hydrogen) atoms. The van der Waals surface area contributed by atoms with Crippen molar-refractivity contribution in [2.75, 3.05) is 12.8 Å². The van der Waals surface area contributed by atoms with E-state index in [1.165, 1.54) is 6.07 Å². The van der Waals surface area contributed by atoms with Gasteiger partial charge in [0.25, 0.3) is 0 Å². The molecule has 0 saturated carbocycles. The first-order valence-electron chi connectivity index (χ1n) is 5.38. The lowest BCUT2D eigenvalue weighted by Crippen LogP contribution is -2.11. The minimum Gasteiger partial charge on any atom is -0.497 e. The van der Waals surface area contributed by atoms with Crippen molar-refractivity contribution in [3.05, 3.63) is 56.9 Å². The van der Waals surface area contributed by atoms with Crippen molar-refractivity contribution >= 4 is 21.6 Å². The average molecular weight is 309 g/mol. The molecule has 5 heteroatoms. The van der Waals surface area contributed by atoms with Crippen LogP contribution in [0.2, 0.25) is 0 Å². The Bertz CT molecular complexity index is 623.